The van der Waals surface area contributed by atoms with E-state index in [1.165, 1.54) is 49.4 Å². The summed E-state index contributed by atoms with van der Waals surface area (Å²) in [4.78, 5) is 109. The molecule has 1 aromatic heterocycles. The number of aliphatic carboxylic acids is 1. The molecule has 8 rings (SSSR count). The number of rotatable bonds is 29. The summed E-state index contributed by atoms with van der Waals surface area (Å²) in [7, 11) is -13.1. The van der Waals surface area contributed by atoms with E-state index >= 15 is 0 Å². The van der Waals surface area contributed by atoms with Crippen molar-refractivity contribution in [3.05, 3.63) is 98.8 Å². The number of carboxylic acids is 1. The number of aromatic amines is 2. The molecule has 0 spiro atoms. The number of carbonyl (C=O) groups is 6. The second-order valence-electron chi connectivity index (χ2n) is 23.4. The third kappa shape index (κ3) is 21.8. The number of ketones is 1. The van der Waals surface area contributed by atoms with Gasteiger partial charge in [-0.2, -0.15) is 16.8 Å². The summed E-state index contributed by atoms with van der Waals surface area (Å²) in [6.45, 7) is -1.33. The van der Waals surface area contributed by atoms with E-state index in [0.717, 1.165) is 31.4 Å². The molecule has 15 atom stereocenters. The SMILES string of the molecule is CC1OC(OC2C(NC(=O)c3cc(=O)[nH]c(=O)[nH]3)CC(C(=O)CCCNC(=O)COCCOCC(=O)Nc3cccc4cc(S(=O)(=O)O)cc(S(=O)(=O)O)c34)CC2OC2OC(CO)C(O)C(O[C@@H](CC3CCCCC3)C(=O)O)C2OC(=O)c2ccccc2)C(O)C(O)C1O.O=S(=O)=O. The quantitative estimate of drug-likeness (QED) is 0.0160. The maximum atomic E-state index is 14.5. The Kier molecular flexibility index (Phi) is 28.3. The normalized spacial score (nSPS) is 26.3. The molecule has 4 aliphatic rings. The third-order valence-corrected chi connectivity index (χ3v) is 18.2. The van der Waals surface area contributed by atoms with Crippen LogP contribution in [0.3, 0.4) is 0 Å². The Labute approximate surface area is 559 Å². The fourth-order valence-corrected chi connectivity index (χ4v) is 13.1. The van der Waals surface area contributed by atoms with Crippen LogP contribution in [0.25, 0.3) is 10.8 Å². The van der Waals surface area contributed by atoms with Crippen molar-refractivity contribution in [2.75, 3.05) is 44.9 Å². The van der Waals surface area contributed by atoms with Crippen LogP contribution in [0.5, 0.6) is 0 Å². The summed E-state index contributed by atoms with van der Waals surface area (Å²) in [6.07, 6.45) is -19.7. The Hall–Kier alpha value is -7.42. The molecule has 2 aliphatic heterocycles. The van der Waals surface area contributed by atoms with Gasteiger partial charge in [0.05, 0.1) is 54.2 Å². The molecule has 39 heteroatoms. The van der Waals surface area contributed by atoms with Gasteiger partial charge in [0, 0.05) is 30.3 Å². The predicted octanol–water partition coefficient (Wildman–Crippen LogP) is -1.94. The van der Waals surface area contributed by atoms with Crippen molar-refractivity contribution in [1.29, 1.82) is 0 Å². The van der Waals surface area contributed by atoms with Gasteiger partial charge >= 0.3 is 28.2 Å². The lowest BCUT2D eigenvalue weighted by molar-refractivity contribution is -0.347. The van der Waals surface area contributed by atoms with Crippen molar-refractivity contribution in [1.82, 2.24) is 20.6 Å². The maximum absolute atomic E-state index is 14.5. The number of aliphatic hydroxyl groups excluding tert-OH is 5. The number of ether oxygens (including phenoxy) is 8. The topological polar surface area (TPSA) is 559 Å². The molecular weight excluding hydrogens is 1370 g/mol. The van der Waals surface area contributed by atoms with Gasteiger partial charge in [-0.15, -0.1) is 12.6 Å². The van der Waals surface area contributed by atoms with Crippen molar-refractivity contribution < 1.29 is 136 Å². The van der Waals surface area contributed by atoms with Gasteiger partial charge in [0.1, 0.15) is 72.3 Å². The first-order chi connectivity index (χ1) is 46.3. The molecule has 0 radical (unpaired) electrons. The van der Waals surface area contributed by atoms with Gasteiger partial charge in [-0.25, -0.2) is 14.4 Å². The number of amides is 3. The zero-order valence-electron chi connectivity index (χ0n) is 52.1. The molecule has 98 heavy (non-hydrogen) atoms. The number of aromatic nitrogens is 2. The van der Waals surface area contributed by atoms with Gasteiger partial charge in [0.15, 0.2) is 24.8 Å². The summed E-state index contributed by atoms with van der Waals surface area (Å²) in [5.74, 6) is -6.80. The van der Waals surface area contributed by atoms with Crippen LogP contribution < -0.4 is 27.2 Å². The molecule has 3 aromatic carbocycles. The minimum absolute atomic E-state index is 0.00985. The molecule has 13 N–H and O–H groups in total. The molecule has 4 aromatic rings. The highest BCUT2D eigenvalue weighted by atomic mass is 32.2. The summed E-state index contributed by atoms with van der Waals surface area (Å²) < 4.78 is 141. The molecule has 4 fully saturated rings. The van der Waals surface area contributed by atoms with Crippen molar-refractivity contribution in [2.24, 2.45) is 11.8 Å². The van der Waals surface area contributed by atoms with Gasteiger partial charge in [-0.3, -0.25) is 38.1 Å². The van der Waals surface area contributed by atoms with Crippen LogP contribution in [0.1, 0.15) is 92.0 Å². The zero-order chi connectivity index (χ0) is 71.8. The number of aliphatic hydroxyl groups is 5. The number of carbonyl (C=O) groups excluding carboxylic acids is 5. The number of esters is 1. The van der Waals surface area contributed by atoms with Gasteiger partial charge in [0.2, 0.25) is 11.8 Å². The Morgan fingerprint density at radius 1 is 0.745 bits per heavy atom. The molecule has 3 amide bonds. The van der Waals surface area contributed by atoms with Crippen LogP contribution in [0.4, 0.5) is 5.69 Å². The van der Waals surface area contributed by atoms with Gasteiger partial charge in [0.25, 0.3) is 31.7 Å². The molecular formula is C59H75N5O31S3. The molecule has 2 saturated carbocycles. The fourth-order valence-electron chi connectivity index (χ4n) is 11.7. The Morgan fingerprint density at radius 2 is 1.42 bits per heavy atom. The number of carboxylic acid groups (broad SMARTS) is 1. The summed E-state index contributed by atoms with van der Waals surface area (Å²) in [6, 6.07) is 12.1. The van der Waals surface area contributed by atoms with E-state index in [9.17, 15) is 94.9 Å². The van der Waals surface area contributed by atoms with E-state index in [4.69, 9.17) is 50.5 Å². The lowest BCUT2D eigenvalue weighted by Crippen LogP contribution is -2.65. The van der Waals surface area contributed by atoms with Crippen LogP contribution in [-0.4, -0.2) is 240 Å². The second-order valence-corrected chi connectivity index (χ2v) is 26.6. The standard InChI is InChI=1S/C59H75N5O28S2.O3S/c1-29-47(70)49(72)50(73)57(87-29)92-51-36(62-54(74)37-25-43(67)64-59(78)63-37)22-33(23-39(51)89-58-53(91-56(77)31-12-6-3-7-13-31)52(48(71)41(26-65)90-58)88-40(55(75)76)20-30-10-4-2-5-11-30)38(66)16-9-17-60-44(68)27-85-18-19-86-28-45(69)61-35-15-8-14-32-21-34(93(79,80)81)24-42(46(32)35)94(82,83)84;1-4(2)3/h3,6-8,12-15,21,24-25,29-30,33,36,39-41,47-53,57-58,65,70-73H,2,4-5,9-11,16-20,22-23,26-28H2,1H3,(H,60,68)(H,61,69)(H,62,74)(H,75,76)(H,79,80,81)(H,82,83,84)(H2,63,64,67,78);/t29?,33?,36?,39?,40-,41?,47?,48?,49?,50?,51?,52?,53?,57?,58?;/m0./s1. The van der Waals surface area contributed by atoms with E-state index in [-0.39, 0.29) is 79.8 Å². The molecule has 2 saturated heterocycles. The highest BCUT2D eigenvalue weighted by Gasteiger charge is 2.54. The number of benzene rings is 3. The van der Waals surface area contributed by atoms with E-state index in [1.54, 1.807) is 6.07 Å². The fraction of sp³-hybridized carbons (Fsp3) is 0.559. The Balaban J connectivity index is 0.00000329. The van der Waals surface area contributed by atoms with Crippen LogP contribution in [0.2, 0.25) is 0 Å². The molecule has 0 bridgehead atoms. The van der Waals surface area contributed by atoms with Gasteiger partial charge in [-0.05, 0) is 74.2 Å². The Bertz CT molecular complexity index is 3900. The van der Waals surface area contributed by atoms with Crippen LogP contribution in [-0.2, 0) is 87.9 Å². The van der Waals surface area contributed by atoms with E-state index in [2.05, 4.69) is 20.9 Å². The van der Waals surface area contributed by atoms with Crippen molar-refractivity contribution in [2.45, 2.75) is 167 Å². The third-order valence-electron chi connectivity index (χ3n) is 16.4. The van der Waals surface area contributed by atoms with Crippen LogP contribution in [0, 0.1) is 11.8 Å². The zero-order valence-corrected chi connectivity index (χ0v) is 54.5. The van der Waals surface area contributed by atoms with Crippen molar-refractivity contribution in [3.8, 4) is 0 Å². The molecule has 2 aliphatic carbocycles. The smallest absolute Gasteiger partial charge is 0.425 e. The first kappa shape index (κ1) is 77.9. The molecule has 540 valence electrons. The van der Waals surface area contributed by atoms with Crippen molar-refractivity contribution >= 4 is 82.7 Å². The number of Topliss-reactive ketones (excluding diaryl/α,β-unsaturated/α-hetero) is 1. The highest BCUT2D eigenvalue weighted by molar-refractivity contribution is 7.86. The second kappa shape index (κ2) is 35.6. The van der Waals surface area contributed by atoms with Crippen LogP contribution >= 0.6 is 0 Å². The number of hydrogen-bond acceptors (Lipinski definition) is 28. The van der Waals surface area contributed by atoms with Crippen molar-refractivity contribution in [3.63, 3.8) is 0 Å². The number of hydrogen-bond donors (Lipinski definition) is 13. The van der Waals surface area contributed by atoms with Gasteiger partial charge < -0.3 is 89.5 Å². The minimum atomic E-state index is -5.09. The molecule has 14 unspecified atom stereocenters. The number of fused-ring (bicyclic) bond motifs is 1. The predicted molar refractivity (Wildman–Crippen MR) is 329 cm³/mol. The average molecular weight is 1450 g/mol. The maximum Gasteiger partial charge on any atom is 0.425 e. The molecule has 3 heterocycles. The van der Waals surface area contributed by atoms with E-state index in [1.807, 2.05) is 4.98 Å². The average Bonchev–Trinajstić information content (AvgIpc) is 0.770. The van der Waals surface area contributed by atoms with Crippen LogP contribution in [0.15, 0.2) is 86.1 Å². The lowest BCUT2D eigenvalue weighted by atomic mass is 9.78. The summed E-state index contributed by atoms with van der Waals surface area (Å²) >= 11 is 0. The largest absolute Gasteiger partial charge is 0.479 e. The number of nitrogens with one attached hydrogen (secondary N) is 5. The molecule has 36 nitrogen and oxygen atoms in total. The van der Waals surface area contributed by atoms with Gasteiger partial charge in [-0.1, -0.05) is 62.4 Å². The van der Waals surface area contributed by atoms with E-state index in [0.29, 0.717) is 18.9 Å². The number of H-pyrrole nitrogens is 2. The lowest BCUT2D eigenvalue weighted by Gasteiger charge is -2.49. The summed E-state index contributed by atoms with van der Waals surface area (Å²) in [5.41, 5.74) is -2.80. The van der Waals surface area contributed by atoms with E-state index < -0.39 is 205 Å². The first-order valence-corrected chi connectivity index (χ1v) is 34.5. The minimum Gasteiger partial charge on any atom is -0.479 e. The first-order valence-electron chi connectivity index (χ1n) is 30.6. The monoisotopic (exact) mass is 1450 g/mol. The Morgan fingerprint density at radius 3 is 2.05 bits per heavy atom. The summed E-state index contributed by atoms with van der Waals surface area (Å²) in [5, 5.41) is 73.2. The highest BCUT2D eigenvalue weighted by Crippen LogP contribution is 2.39. The number of anilines is 1.